The van der Waals surface area contributed by atoms with Crippen LogP contribution >= 0.6 is 11.6 Å². The Balaban J connectivity index is 3.19. The fourth-order valence-corrected chi connectivity index (χ4v) is 0.979. The van der Waals surface area contributed by atoms with E-state index in [9.17, 15) is 4.79 Å². The number of halogens is 1. The predicted molar refractivity (Wildman–Crippen MR) is 53.3 cm³/mol. The topological polar surface area (TPSA) is 17.1 Å². The van der Waals surface area contributed by atoms with Crippen LogP contribution in [0.25, 0.3) is 0 Å². The van der Waals surface area contributed by atoms with Crippen LogP contribution in [0.5, 0.6) is 0 Å². The third-order valence-electron chi connectivity index (χ3n) is 1.52. The van der Waals surface area contributed by atoms with E-state index in [0.717, 1.165) is 25.2 Å². The summed E-state index contributed by atoms with van der Waals surface area (Å²) in [6, 6.07) is 0. The van der Waals surface area contributed by atoms with Gasteiger partial charge in [-0.1, -0.05) is 26.0 Å². The van der Waals surface area contributed by atoms with Crippen molar-refractivity contribution in [3.63, 3.8) is 0 Å². The summed E-state index contributed by atoms with van der Waals surface area (Å²) in [6.45, 7) is 4.37. The minimum atomic E-state index is -0.229. The molecule has 0 saturated carbocycles. The van der Waals surface area contributed by atoms with Gasteiger partial charge < -0.3 is 0 Å². The van der Waals surface area contributed by atoms with Crippen molar-refractivity contribution in [1.82, 2.24) is 0 Å². The van der Waals surface area contributed by atoms with Gasteiger partial charge in [-0.05, 0) is 36.8 Å². The van der Waals surface area contributed by atoms with E-state index >= 15 is 0 Å². The van der Waals surface area contributed by atoms with Crippen LogP contribution in [0.15, 0.2) is 12.2 Å². The Labute approximate surface area is 79.8 Å². The summed E-state index contributed by atoms with van der Waals surface area (Å²) in [7, 11) is 0. The third kappa shape index (κ3) is 9.70. The Morgan fingerprint density at radius 3 is 2.58 bits per heavy atom. The zero-order chi connectivity index (χ0) is 9.40. The number of rotatable bonds is 6. The molecule has 12 heavy (non-hydrogen) atoms. The van der Waals surface area contributed by atoms with Gasteiger partial charge in [-0.3, -0.25) is 4.79 Å². The lowest BCUT2D eigenvalue weighted by molar-refractivity contribution is -0.111. The van der Waals surface area contributed by atoms with Crippen LogP contribution in [0.2, 0.25) is 0 Å². The van der Waals surface area contributed by atoms with Gasteiger partial charge in [-0.15, -0.1) is 0 Å². The molecule has 0 amide bonds. The van der Waals surface area contributed by atoms with Crippen molar-refractivity contribution >= 4 is 16.8 Å². The zero-order valence-electron chi connectivity index (χ0n) is 7.85. The van der Waals surface area contributed by atoms with Crippen molar-refractivity contribution < 1.29 is 4.79 Å². The van der Waals surface area contributed by atoms with E-state index in [2.05, 4.69) is 26.0 Å². The lowest BCUT2D eigenvalue weighted by Crippen LogP contribution is -1.84. The van der Waals surface area contributed by atoms with E-state index in [1.807, 2.05) is 0 Å². The minimum Gasteiger partial charge on any atom is -0.281 e. The fraction of sp³-hybridized carbons (Fsp3) is 0.700. The molecule has 0 aromatic heterocycles. The average molecular weight is 189 g/mol. The molecule has 0 fully saturated rings. The van der Waals surface area contributed by atoms with Crippen molar-refractivity contribution in [2.45, 2.75) is 39.5 Å². The molecular formula is C10H17ClO. The standard InChI is InChI=1S/C10H17ClO/c1-9(2)7-5-3-4-6-8-10(11)12/h3,5,9H,4,6-8H2,1-2H3/b5-3+. The smallest absolute Gasteiger partial charge is 0.221 e. The molecule has 0 spiro atoms. The Hall–Kier alpha value is -0.300. The van der Waals surface area contributed by atoms with Crippen molar-refractivity contribution in [2.24, 2.45) is 5.92 Å². The van der Waals surface area contributed by atoms with Crippen LogP contribution in [0.4, 0.5) is 0 Å². The molecule has 2 heteroatoms. The van der Waals surface area contributed by atoms with Gasteiger partial charge in [-0.2, -0.15) is 0 Å². The lowest BCUT2D eigenvalue weighted by Gasteiger charge is -1.96. The SMILES string of the molecule is CC(C)C/C=C/CCCC(=O)Cl. The van der Waals surface area contributed by atoms with Gasteiger partial charge in [-0.25, -0.2) is 0 Å². The first kappa shape index (κ1) is 11.7. The summed E-state index contributed by atoms with van der Waals surface area (Å²) >= 11 is 5.18. The van der Waals surface area contributed by atoms with E-state index in [0.29, 0.717) is 6.42 Å². The Morgan fingerprint density at radius 2 is 2.08 bits per heavy atom. The molecule has 0 saturated heterocycles. The summed E-state index contributed by atoms with van der Waals surface area (Å²) < 4.78 is 0. The van der Waals surface area contributed by atoms with Gasteiger partial charge >= 0.3 is 0 Å². The van der Waals surface area contributed by atoms with Gasteiger partial charge in [0.15, 0.2) is 0 Å². The normalized spacial score (nSPS) is 11.3. The molecule has 1 nitrogen and oxygen atoms in total. The first-order chi connectivity index (χ1) is 5.63. The van der Waals surface area contributed by atoms with Gasteiger partial charge in [0.1, 0.15) is 0 Å². The molecule has 70 valence electrons. The number of hydrogen-bond donors (Lipinski definition) is 0. The number of hydrogen-bond acceptors (Lipinski definition) is 1. The predicted octanol–water partition coefficient (Wildman–Crippen LogP) is 3.52. The van der Waals surface area contributed by atoms with Crippen LogP contribution in [-0.2, 0) is 4.79 Å². The van der Waals surface area contributed by atoms with Crippen LogP contribution in [-0.4, -0.2) is 5.24 Å². The quantitative estimate of drug-likeness (QED) is 0.354. The van der Waals surface area contributed by atoms with Gasteiger partial charge in [0.05, 0.1) is 0 Å². The van der Waals surface area contributed by atoms with Crippen molar-refractivity contribution in [3.8, 4) is 0 Å². The van der Waals surface area contributed by atoms with Gasteiger partial charge in [0.2, 0.25) is 5.24 Å². The Bertz CT molecular complexity index is 150. The number of carbonyl (C=O) groups is 1. The third-order valence-corrected chi connectivity index (χ3v) is 1.71. The molecule has 0 atom stereocenters. The molecule has 0 unspecified atom stereocenters. The second-order valence-corrected chi connectivity index (χ2v) is 3.77. The lowest BCUT2D eigenvalue weighted by atomic mass is 10.1. The highest BCUT2D eigenvalue weighted by Gasteiger charge is 1.93. The maximum absolute atomic E-state index is 10.3. The Morgan fingerprint density at radius 1 is 1.42 bits per heavy atom. The van der Waals surface area contributed by atoms with Gasteiger partial charge in [0, 0.05) is 6.42 Å². The molecule has 0 aliphatic heterocycles. The number of carbonyl (C=O) groups excluding carboxylic acids is 1. The minimum absolute atomic E-state index is 0.229. The van der Waals surface area contributed by atoms with Crippen molar-refractivity contribution in [1.29, 1.82) is 0 Å². The highest BCUT2D eigenvalue weighted by molar-refractivity contribution is 6.63. The van der Waals surface area contributed by atoms with Crippen molar-refractivity contribution in [2.75, 3.05) is 0 Å². The number of unbranched alkanes of at least 4 members (excludes halogenated alkanes) is 1. The van der Waals surface area contributed by atoms with E-state index in [-0.39, 0.29) is 5.24 Å². The summed E-state index contributed by atoms with van der Waals surface area (Å²) in [5.41, 5.74) is 0. The molecular weight excluding hydrogens is 172 g/mol. The monoisotopic (exact) mass is 188 g/mol. The van der Waals surface area contributed by atoms with E-state index < -0.39 is 0 Å². The summed E-state index contributed by atoms with van der Waals surface area (Å²) in [4.78, 5) is 10.3. The first-order valence-electron chi connectivity index (χ1n) is 4.46. The molecule has 0 rings (SSSR count). The van der Waals surface area contributed by atoms with E-state index in [1.165, 1.54) is 0 Å². The van der Waals surface area contributed by atoms with Crippen LogP contribution < -0.4 is 0 Å². The first-order valence-corrected chi connectivity index (χ1v) is 4.84. The summed E-state index contributed by atoms with van der Waals surface area (Å²) in [5, 5.41) is -0.229. The maximum atomic E-state index is 10.3. The molecule has 0 aliphatic rings. The molecule has 0 N–H and O–H groups in total. The molecule has 0 aromatic carbocycles. The number of allylic oxidation sites excluding steroid dienone is 2. The summed E-state index contributed by atoms with van der Waals surface area (Å²) in [6.07, 6.45) is 7.74. The fourth-order valence-electron chi connectivity index (χ4n) is 0.845. The second kappa shape index (κ2) is 7.35. The highest BCUT2D eigenvalue weighted by Crippen LogP contribution is 2.03. The van der Waals surface area contributed by atoms with Gasteiger partial charge in [0.25, 0.3) is 0 Å². The molecule has 0 aliphatic carbocycles. The van der Waals surface area contributed by atoms with Crippen LogP contribution in [0.1, 0.15) is 39.5 Å². The largest absolute Gasteiger partial charge is 0.281 e. The summed E-state index contributed by atoms with van der Waals surface area (Å²) in [5.74, 6) is 0.718. The zero-order valence-corrected chi connectivity index (χ0v) is 8.60. The van der Waals surface area contributed by atoms with Crippen molar-refractivity contribution in [3.05, 3.63) is 12.2 Å². The highest BCUT2D eigenvalue weighted by atomic mass is 35.5. The van der Waals surface area contributed by atoms with Crippen LogP contribution in [0.3, 0.4) is 0 Å². The molecule has 0 radical (unpaired) electrons. The van der Waals surface area contributed by atoms with Crippen LogP contribution in [0, 0.1) is 5.92 Å². The average Bonchev–Trinajstić information content (AvgIpc) is 1.95. The van der Waals surface area contributed by atoms with E-state index in [1.54, 1.807) is 0 Å². The Kier molecular flexibility index (Phi) is 7.17. The second-order valence-electron chi connectivity index (χ2n) is 3.35. The maximum Gasteiger partial charge on any atom is 0.221 e. The van der Waals surface area contributed by atoms with E-state index in [4.69, 9.17) is 11.6 Å². The molecule has 0 heterocycles. The molecule has 0 bridgehead atoms. The molecule has 0 aromatic rings.